The topological polar surface area (TPSA) is 66.9 Å². The van der Waals surface area contributed by atoms with Crippen LogP contribution in [0.5, 0.6) is 0 Å². The van der Waals surface area contributed by atoms with E-state index in [1.807, 2.05) is 0 Å². The molecule has 2 aliphatic carbocycles. The number of hydrogen-bond donors (Lipinski definition) is 2. The Morgan fingerprint density at radius 1 is 1.28 bits per heavy atom. The molecule has 1 fully saturated rings. The van der Waals surface area contributed by atoms with E-state index in [0.29, 0.717) is 12.6 Å². The molecular weight excluding hydrogens is 228 g/mol. The minimum atomic E-state index is 0.0562. The van der Waals surface area contributed by atoms with Crippen molar-refractivity contribution in [2.75, 3.05) is 11.9 Å². The van der Waals surface area contributed by atoms with Crippen molar-refractivity contribution < 1.29 is 4.79 Å². The van der Waals surface area contributed by atoms with Crippen LogP contribution < -0.4 is 10.6 Å². The third-order valence-electron chi connectivity index (χ3n) is 3.48. The first kappa shape index (κ1) is 11.4. The van der Waals surface area contributed by atoms with Crippen LogP contribution in [0.2, 0.25) is 0 Å². The first-order valence-electron chi connectivity index (χ1n) is 6.69. The lowest BCUT2D eigenvalue weighted by Gasteiger charge is -2.17. The van der Waals surface area contributed by atoms with Gasteiger partial charge in [0.15, 0.2) is 0 Å². The zero-order valence-corrected chi connectivity index (χ0v) is 10.4. The van der Waals surface area contributed by atoms with Crippen LogP contribution in [-0.2, 0) is 17.6 Å². The molecule has 2 N–H and O–H groups in total. The second-order valence-electron chi connectivity index (χ2n) is 5.05. The van der Waals surface area contributed by atoms with Gasteiger partial charge < -0.3 is 10.6 Å². The molecule has 1 aromatic heterocycles. The highest BCUT2D eigenvalue weighted by molar-refractivity contribution is 5.81. The van der Waals surface area contributed by atoms with Crippen molar-refractivity contribution in [1.82, 2.24) is 15.3 Å². The summed E-state index contributed by atoms with van der Waals surface area (Å²) in [6.45, 7) is 0.306. The molecule has 0 spiro atoms. The Balaban J connectivity index is 1.63. The first-order chi connectivity index (χ1) is 8.83. The molecule has 1 heterocycles. The van der Waals surface area contributed by atoms with E-state index in [1.165, 1.54) is 18.4 Å². The Labute approximate surface area is 106 Å². The highest BCUT2D eigenvalue weighted by Crippen LogP contribution is 2.24. The smallest absolute Gasteiger partial charge is 0.239 e. The predicted molar refractivity (Wildman–Crippen MR) is 68.3 cm³/mol. The molecule has 2 aliphatic rings. The van der Waals surface area contributed by atoms with Gasteiger partial charge in [-0.3, -0.25) is 4.79 Å². The zero-order chi connectivity index (χ0) is 12.4. The molecule has 0 unspecified atom stereocenters. The van der Waals surface area contributed by atoms with Crippen molar-refractivity contribution in [1.29, 1.82) is 0 Å². The van der Waals surface area contributed by atoms with Crippen molar-refractivity contribution >= 4 is 11.7 Å². The largest absolute Gasteiger partial charge is 0.361 e. The van der Waals surface area contributed by atoms with Crippen molar-refractivity contribution in [3.63, 3.8) is 0 Å². The molecule has 1 amide bonds. The minimum Gasteiger partial charge on any atom is -0.361 e. The van der Waals surface area contributed by atoms with Crippen molar-refractivity contribution in [2.24, 2.45) is 0 Å². The fraction of sp³-hybridized carbons (Fsp3) is 0.615. The number of carbonyl (C=O) groups excluding carboxylic acids is 1. The highest BCUT2D eigenvalue weighted by atomic mass is 16.2. The Bertz CT molecular complexity index is 456. The quantitative estimate of drug-likeness (QED) is 0.833. The second kappa shape index (κ2) is 4.92. The van der Waals surface area contributed by atoms with E-state index in [-0.39, 0.29) is 5.91 Å². The molecule has 18 heavy (non-hydrogen) atoms. The first-order valence-corrected chi connectivity index (χ1v) is 6.69. The number of amides is 1. The number of nitrogens with one attached hydrogen (secondary N) is 2. The lowest BCUT2D eigenvalue weighted by molar-refractivity contribution is -0.119. The number of fused-ring (bicyclic) bond motifs is 1. The molecule has 1 saturated carbocycles. The predicted octanol–water partition coefficient (Wildman–Crippen LogP) is 1.05. The molecule has 5 heteroatoms. The SMILES string of the molecule is O=C(CNc1ncnc2c1CCCC2)NC1CC1. The number of aromatic nitrogens is 2. The monoisotopic (exact) mass is 246 g/mol. The standard InChI is InChI=1S/C13H18N4O/c18-12(17-9-5-6-9)7-14-13-10-3-1-2-4-11(10)15-8-16-13/h8-9H,1-7H2,(H,17,18)(H,14,15,16). The fourth-order valence-corrected chi connectivity index (χ4v) is 2.34. The molecule has 1 aromatic rings. The number of anilines is 1. The van der Waals surface area contributed by atoms with Crippen LogP contribution in [0.25, 0.3) is 0 Å². The van der Waals surface area contributed by atoms with Crippen LogP contribution >= 0.6 is 0 Å². The molecule has 5 nitrogen and oxygen atoms in total. The summed E-state index contributed by atoms with van der Waals surface area (Å²) in [5.41, 5.74) is 2.34. The average molecular weight is 246 g/mol. The molecule has 0 bridgehead atoms. The molecule has 0 radical (unpaired) electrons. The third-order valence-corrected chi connectivity index (χ3v) is 3.48. The molecule has 0 aliphatic heterocycles. The summed E-state index contributed by atoms with van der Waals surface area (Å²) in [5.74, 6) is 0.895. The molecular formula is C13H18N4O. The summed E-state index contributed by atoms with van der Waals surface area (Å²) in [4.78, 5) is 20.2. The average Bonchev–Trinajstić information content (AvgIpc) is 3.20. The van der Waals surface area contributed by atoms with Gasteiger partial charge in [-0.2, -0.15) is 0 Å². The number of hydrogen-bond acceptors (Lipinski definition) is 4. The molecule has 0 atom stereocenters. The van der Waals surface area contributed by atoms with Crippen LogP contribution in [-0.4, -0.2) is 28.5 Å². The summed E-state index contributed by atoms with van der Waals surface area (Å²) in [6.07, 6.45) is 8.26. The van der Waals surface area contributed by atoms with Crippen LogP contribution in [0.15, 0.2) is 6.33 Å². The van der Waals surface area contributed by atoms with Gasteiger partial charge in [0.2, 0.25) is 5.91 Å². The lowest BCUT2D eigenvalue weighted by Crippen LogP contribution is -2.32. The third kappa shape index (κ3) is 2.60. The zero-order valence-electron chi connectivity index (χ0n) is 10.4. The van der Waals surface area contributed by atoms with E-state index >= 15 is 0 Å². The number of nitrogens with zero attached hydrogens (tertiary/aromatic N) is 2. The maximum atomic E-state index is 11.6. The van der Waals surface area contributed by atoms with E-state index in [4.69, 9.17) is 0 Å². The Morgan fingerprint density at radius 2 is 2.11 bits per heavy atom. The Morgan fingerprint density at radius 3 is 2.94 bits per heavy atom. The van der Waals surface area contributed by atoms with Gasteiger partial charge >= 0.3 is 0 Å². The summed E-state index contributed by atoms with van der Waals surface area (Å²) < 4.78 is 0. The normalized spacial score (nSPS) is 18.0. The van der Waals surface area contributed by atoms with E-state index < -0.39 is 0 Å². The molecule has 96 valence electrons. The van der Waals surface area contributed by atoms with Gasteiger partial charge in [-0.15, -0.1) is 0 Å². The number of aryl methyl sites for hydroxylation is 1. The second-order valence-corrected chi connectivity index (χ2v) is 5.05. The van der Waals surface area contributed by atoms with Gasteiger partial charge in [-0.05, 0) is 38.5 Å². The minimum absolute atomic E-state index is 0.0562. The van der Waals surface area contributed by atoms with Crippen molar-refractivity contribution in [3.05, 3.63) is 17.6 Å². The molecule has 0 aromatic carbocycles. The van der Waals surface area contributed by atoms with Crippen LogP contribution in [0.4, 0.5) is 5.82 Å². The highest BCUT2D eigenvalue weighted by Gasteiger charge is 2.23. The van der Waals surface area contributed by atoms with E-state index in [9.17, 15) is 4.79 Å². The van der Waals surface area contributed by atoms with Crippen LogP contribution in [0.3, 0.4) is 0 Å². The molecule has 3 rings (SSSR count). The van der Waals surface area contributed by atoms with Gasteiger partial charge in [-0.1, -0.05) is 0 Å². The summed E-state index contributed by atoms with van der Waals surface area (Å²) >= 11 is 0. The van der Waals surface area contributed by atoms with Crippen LogP contribution in [0, 0.1) is 0 Å². The summed E-state index contributed by atoms with van der Waals surface area (Å²) in [7, 11) is 0. The Kier molecular flexibility index (Phi) is 3.13. The summed E-state index contributed by atoms with van der Waals surface area (Å²) in [5, 5.41) is 6.10. The van der Waals surface area contributed by atoms with Gasteiger partial charge in [0.1, 0.15) is 12.1 Å². The lowest BCUT2D eigenvalue weighted by atomic mass is 9.96. The van der Waals surface area contributed by atoms with Gasteiger partial charge in [0, 0.05) is 17.3 Å². The molecule has 0 saturated heterocycles. The van der Waals surface area contributed by atoms with Gasteiger partial charge in [-0.25, -0.2) is 9.97 Å². The van der Waals surface area contributed by atoms with Gasteiger partial charge in [0.25, 0.3) is 0 Å². The van der Waals surface area contributed by atoms with Gasteiger partial charge in [0.05, 0.1) is 6.54 Å². The number of carbonyl (C=O) groups is 1. The Hall–Kier alpha value is -1.65. The maximum Gasteiger partial charge on any atom is 0.239 e. The summed E-state index contributed by atoms with van der Waals surface area (Å²) in [6, 6.07) is 0.415. The van der Waals surface area contributed by atoms with E-state index in [2.05, 4.69) is 20.6 Å². The maximum absolute atomic E-state index is 11.6. The van der Waals surface area contributed by atoms with E-state index in [0.717, 1.165) is 37.2 Å². The van der Waals surface area contributed by atoms with Crippen molar-refractivity contribution in [2.45, 2.75) is 44.6 Å². The van der Waals surface area contributed by atoms with Crippen molar-refractivity contribution in [3.8, 4) is 0 Å². The number of rotatable bonds is 4. The van der Waals surface area contributed by atoms with Crippen LogP contribution in [0.1, 0.15) is 36.9 Å². The fourth-order valence-electron chi connectivity index (χ4n) is 2.34. The van der Waals surface area contributed by atoms with E-state index in [1.54, 1.807) is 6.33 Å².